The third kappa shape index (κ3) is 5.74. The number of fused-ring (bicyclic) bond motifs is 1. The molecule has 3 aliphatic rings. The summed E-state index contributed by atoms with van der Waals surface area (Å²) < 4.78 is 11.4. The third-order valence-electron chi connectivity index (χ3n) is 8.73. The van der Waals surface area contributed by atoms with Crippen LogP contribution in [0, 0.1) is 17.8 Å². The van der Waals surface area contributed by atoms with Crippen molar-refractivity contribution in [1.82, 2.24) is 4.90 Å². The molecule has 4 heteroatoms. The molecule has 5 rings (SSSR count). The minimum Gasteiger partial charge on any atom is -0.490 e. The third-order valence-corrected chi connectivity index (χ3v) is 8.73. The molecule has 0 aromatic heterocycles. The van der Waals surface area contributed by atoms with E-state index in [1.54, 1.807) is 5.57 Å². The van der Waals surface area contributed by atoms with Crippen molar-refractivity contribution in [2.75, 3.05) is 20.2 Å². The Kier molecular flexibility index (Phi) is 7.48. The van der Waals surface area contributed by atoms with Gasteiger partial charge in [0.2, 0.25) is 0 Å². The summed E-state index contributed by atoms with van der Waals surface area (Å²) in [7, 11) is 1.52. The zero-order valence-corrected chi connectivity index (χ0v) is 21.7. The molecule has 2 aromatic carbocycles. The number of nitrogens with zero attached hydrogens (tertiary/aromatic N) is 1. The lowest BCUT2D eigenvalue weighted by Gasteiger charge is -2.45. The molecule has 0 bridgehead atoms. The van der Waals surface area contributed by atoms with Gasteiger partial charge in [-0.25, -0.2) is 0 Å². The van der Waals surface area contributed by atoms with Gasteiger partial charge in [-0.3, -0.25) is 9.69 Å². The first kappa shape index (κ1) is 24.4. The molecule has 0 radical (unpaired) electrons. The molecule has 35 heavy (non-hydrogen) atoms. The van der Waals surface area contributed by atoms with Crippen LogP contribution in [0.25, 0.3) is 10.8 Å². The number of hydrogen-bond donors (Lipinski definition) is 0. The Morgan fingerprint density at radius 1 is 0.943 bits per heavy atom. The lowest BCUT2D eigenvalue weighted by atomic mass is 9.72. The van der Waals surface area contributed by atoms with E-state index >= 15 is 0 Å². The highest BCUT2D eigenvalue weighted by Gasteiger charge is 2.38. The smallest absolute Gasteiger partial charge is 0.308 e. The lowest BCUT2D eigenvalue weighted by Crippen LogP contribution is -2.50. The van der Waals surface area contributed by atoms with Gasteiger partial charge in [-0.1, -0.05) is 42.2 Å². The molecule has 2 aromatic rings. The molecule has 0 N–H and O–H groups in total. The standard InChI is InChI=1S/C31H41NO3/c1-21(2)23-9-12-29(13-10-23)35-30-14-11-25-15-22(7-8-26(25)17-30)18-32-19-28(20-32)24-5-4-6-27(16-24)31(33)34-3/h7-8,11,14-15,17,24,27-29H,4-6,9-10,12-13,16,18-20H2,1-3H3. The summed E-state index contributed by atoms with van der Waals surface area (Å²) >= 11 is 0. The fourth-order valence-corrected chi connectivity index (χ4v) is 6.53. The number of likely N-dealkylation sites (tertiary alicyclic amines) is 1. The molecular formula is C31H41NO3. The zero-order chi connectivity index (χ0) is 24.4. The van der Waals surface area contributed by atoms with Gasteiger partial charge in [-0.15, -0.1) is 0 Å². The summed E-state index contributed by atoms with van der Waals surface area (Å²) in [6.07, 6.45) is 9.38. The Bertz CT molecular complexity index is 1070. The van der Waals surface area contributed by atoms with Crippen molar-refractivity contribution in [3.63, 3.8) is 0 Å². The van der Waals surface area contributed by atoms with Gasteiger partial charge in [0.1, 0.15) is 5.75 Å². The van der Waals surface area contributed by atoms with E-state index in [1.807, 2.05) is 0 Å². The topological polar surface area (TPSA) is 38.8 Å². The van der Waals surface area contributed by atoms with Crippen LogP contribution < -0.4 is 4.74 Å². The largest absolute Gasteiger partial charge is 0.490 e. The van der Waals surface area contributed by atoms with Crippen LogP contribution >= 0.6 is 0 Å². The Morgan fingerprint density at radius 3 is 2.43 bits per heavy atom. The van der Waals surface area contributed by atoms with Gasteiger partial charge in [0.15, 0.2) is 0 Å². The van der Waals surface area contributed by atoms with Crippen LogP contribution in [0.5, 0.6) is 5.75 Å². The maximum atomic E-state index is 12.0. The minimum absolute atomic E-state index is 0.00721. The summed E-state index contributed by atoms with van der Waals surface area (Å²) in [5, 5.41) is 2.54. The highest BCUT2D eigenvalue weighted by atomic mass is 16.5. The number of hydrogen-bond acceptors (Lipinski definition) is 4. The van der Waals surface area contributed by atoms with Gasteiger partial charge in [0, 0.05) is 19.6 Å². The van der Waals surface area contributed by atoms with Crippen molar-refractivity contribution >= 4 is 16.7 Å². The number of esters is 1. The van der Waals surface area contributed by atoms with E-state index in [4.69, 9.17) is 9.47 Å². The number of allylic oxidation sites excluding steroid dienone is 2. The second-order valence-corrected chi connectivity index (χ2v) is 11.4. The van der Waals surface area contributed by atoms with Gasteiger partial charge in [-0.2, -0.15) is 0 Å². The molecule has 1 saturated heterocycles. The van der Waals surface area contributed by atoms with E-state index in [-0.39, 0.29) is 11.9 Å². The number of benzene rings is 2. The quantitative estimate of drug-likeness (QED) is 0.336. The molecular weight excluding hydrogens is 434 g/mol. The van der Waals surface area contributed by atoms with Crippen molar-refractivity contribution in [2.24, 2.45) is 17.8 Å². The van der Waals surface area contributed by atoms with Gasteiger partial charge < -0.3 is 9.47 Å². The Morgan fingerprint density at radius 2 is 1.69 bits per heavy atom. The van der Waals surface area contributed by atoms with E-state index in [2.05, 4.69) is 55.1 Å². The van der Waals surface area contributed by atoms with Crippen LogP contribution in [-0.4, -0.2) is 37.2 Å². The minimum atomic E-state index is -0.00721. The second-order valence-electron chi connectivity index (χ2n) is 11.4. The first-order chi connectivity index (χ1) is 17.0. The van der Waals surface area contributed by atoms with Crippen LogP contribution in [0.2, 0.25) is 0 Å². The first-order valence-corrected chi connectivity index (χ1v) is 13.6. The maximum absolute atomic E-state index is 12.0. The van der Waals surface area contributed by atoms with Crippen LogP contribution in [0.4, 0.5) is 0 Å². The van der Waals surface area contributed by atoms with E-state index in [1.165, 1.54) is 48.3 Å². The number of carbonyl (C=O) groups excluding carboxylic acids is 1. The van der Waals surface area contributed by atoms with Crippen LogP contribution in [0.15, 0.2) is 47.5 Å². The number of rotatable bonds is 6. The summed E-state index contributed by atoms with van der Waals surface area (Å²) in [6, 6.07) is 13.4. The zero-order valence-electron chi connectivity index (χ0n) is 21.7. The fraction of sp³-hybridized carbons (Fsp3) is 0.581. The maximum Gasteiger partial charge on any atom is 0.308 e. The molecule has 2 aliphatic carbocycles. The molecule has 0 amide bonds. The van der Waals surface area contributed by atoms with Crippen molar-refractivity contribution < 1.29 is 14.3 Å². The fourth-order valence-electron chi connectivity index (χ4n) is 6.53. The van der Waals surface area contributed by atoms with Crippen LogP contribution in [0.3, 0.4) is 0 Å². The number of methoxy groups -OCH3 is 1. The molecule has 2 unspecified atom stereocenters. The van der Waals surface area contributed by atoms with Crippen LogP contribution in [0.1, 0.15) is 70.8 Å². The van der Waals surface area contributed by atoms with E-state index in [9.17, 15) is 4.79 Å². The summed E-state index contributed by atoms with van der Waals surface area (Å²) in [4.78, 5) is 14.5. The lowest BCUT2D eigenvalue weighted by molar-refractivity contribution is -0.147. The highest BCUT2D eigenvalue weighted by Crippen LogP contribution is 2.39. The van der Waals surface area contributed by atoms with Crippen LogP contribution in [-0.2, 0) is 16.1 Å². The van der Waals surface area contributed by atoms with E-state index in [0.29, 0.717) is 12.0 Å². The normalized spacial score (nSPS) is 25.8. The molecule has 1 heterocycles. The number of ether oxygens (including phenoxy) is 2. The first-order valence-electron chi connectivity index (χ1n) is 13.6. The Balaban J connectivity index is 1.13. The van der Waals surface area contributed by atoms with Gasteiger partial charge in [0.05, 0.1) is 19.1 Å². The van der Waals surface area contributed by atoms with Crippen molar-refractivity contribution in [3.8, 4) is 5.75 Å². The monoisotopic (exact) mass is 475 g/mol. The average Bonchev–Trinajstić information content (AvgIpc) is 2.86. The number of carbonyl (C=O) groups is 1. The second kappa shape index (κ2) is 10.7. The van der Waals surface area contributed by atoms with Gasteiger partial charge >= 0.3 is 5.97 Å². The molecule has 3 fully saturated rings. The van der Waals surface area contributed by atoms with Gasteiger partial charge in [0.25, 0.3) is 0 Å². The van der Waals surface area contributed by atoms with E-state index < -0.39 is 0 Å². The Labute approximate surface area is 210 Å². The molecule has 0 spiro atoms. The van der Waals surface area contributed by atoms with Crippen molar-refractivity contribution in [3.05, 3.63) is 53.1 Å². The molecule has 1 aliphatic heterocycles. The Hall–Kier alpha value is -2.33. The molecule has 188 valence electrons. The predicted octanol–water partition coefficient (Wildman–Crippen LogP) is 6.91. The van der Waals surface area contributed by atoms with Gasteiger partial charge in [-0.05, 0) is 98.7 Å². The summed E-state index contributed by atoms with van der Waals surface area (Å²) in [6.45, 7) is 7.77. The van der Waals surface area contributed by atoms with Crippen molar-refractivity contribution in [2.45, 2.75) is 77.9 Å². The predicted molar refractivity (Wildman–Crippen MR) is 141 cm³/mol. The molecule has 2 saturated carbocycles. The van der Waals surface area contributed by atoms with E-state index in [0.717, 1.165) is 63.4 Å². The summed E-state index contributed by atoms with van der Waals surface area (Å²) in [5.74, 6) is 2.52. The average molecular weight is 476 g/mol. The molecule has 4 nitrogen and oxygen atoms in total. The van der Waals surface area contributed by atoms with Crippen molar-refractivity contribution in [1.29, 1.82) is 0 Å². The SMILES string of the molecule is COC(=O)C1CCCC(C2CN(Cc3ccc4cc(OC5CCC(=C(C)C)CC5)ccc4c3)C2)C1. The summed E-state index contributed by atoms with van der Waals surface area (Å²) in [5.41, 5.74) is 4.48. The highest BCUT2D eigenvalue weighted by molar-refractivity contribution is 5.84. The molecule has 2 atom stereocenters.